The molecule has 0 radical (unpaired) electrons. The molecular weight excluding hydrogens is 188 g/mol. The zero-order valence-corrected chi connectivity index (χ0v) is 7.98. The van der Waals surface area contributed by atoms with Crippen LogP contribution in [0.4, 0.5) is 0 Å². The van der Waals surface area contributed by atoms with Crippen molar-refractivity contribution in [3.8, 4) is 0 Å². The van der Waals surface area contributed by atoms with E-state index < -0.39 is 7.75 Å². The van der Waals surface area contributed by atoms with Crippen LogP contribution in [0.5, 0.6) is 0 Å². The Labute approximate surface area is 71.0 Å². The number of nitrogens with zero attached hydrogens (tertiary/aromatic N) is 1. The Kier molecular flexibility index (Phi) is 3.34. The monoisotopic (exact) mass is 199 g/mol. The first-order valence-corrected chi connectivity index (χ1v) is 5.37. The van der Waals surface area contributed by atoms with Crippen LogP contribution >= 0.6 is 19.3 Å². The average Bonchev–Trinajstić information content (AvgIpc) is 2.35. The summed E-state index contributed by atoms with van der Waals surface area (Å²) in [4.78, 5) is 0. The summed E-state index contributed by atoms with van der Waals surface area (Å²) in [5, 5.41) is 0. The lowest BCUT2D eigenvalue weighted by Gasteiger charge is -2.18. The van der Waals surface area contributed by atoms with Crippen LogP contribution < -0.4 is 0 Å². The third-order valence-corrected chi connectivity index (χ3v) is 3.76. The molecule has 0 aliphatic carbocycles. The Morgan fingerprint density at radius 2 is 2.55 bits per heavy atom. The first-order valence-electron chi connectivity index (χ1n) is 3.34. The van der Waals surface area contributed by atoms with Crippen LogP contribution in [0.1, 0.15) is 0 Å². The third kappa shape index (κ3) is 1.95. The summed E-state index contributed by atoms with van der Waals surface area (Å²) in [6, 6.07) is 0. The van der Waals surface area contributed by atoms with E-state index in [0.717, 1.165) is 0 Å². The smallest absolute Gasteiger partial charge is 0.300 e. The van der Waals surface area contributed by atoms with E-state index >= 15 is 0 Å². The van der Waals surface area contributed by atoms with Crippen LogP contribution in [-0.2, 0) is 13.6 Å². The molecule has 0 aromatic rings. The normalized spacial score (nSPS) is 32.9. The largest absolute Gasteiger partial charge is 0.408 e. The molecule has 1 saturated heterocycles. The van der Waals surface area contributed by atoms with E-state index in [4.69, 9.17) is 20.6 Å². The van der Waals surface area contributed by atoms with E-state index in [1.165, 1.54) is 7.11 Å². The van der Waals surface area contributed by atoms with Gasteiger partial charge in [0.05, 0.1) is 6.61 Å². The minimum Gasteiger partial charge on any atom is -0.300 e. The van der Waals surface area contributed by atoms with Gasteiger partial charge in [-0.15, -0.1) is 11.6 Å². The number of hydrogen-bond donors (Lipinski definition) is 0. The molecule has 0 aromatic carbocycles. The molecule has 0 bridgehead atoms. The predicted octanol–water partition coefficient (Wildman–Crippen LogP) is 1.31. The maximum atomic E-state index is 11.5. The summed E-state index contributed by atoms with van der Waals surface area (Å²) >= 11 is 5.49. The first kappa shape index (κ1) is 9.49. The Balaban J connectivity index is 2.57. The molecule has 0 spiro atoms. The standard InChI is InChI=1S/C5H11ClNO3P/c1-9-11(8)7(3-2-6)4-5-10-11/h2-5H2,1H3. The maximum absolute atomic E-state index is 11.5. The highest BCUT2D eigenvalue weighted by molar-refractivity contribution is 7.51. The summed E-state index contributed by atoms with van der Waals surface area (Å²) in [5.74, 6) is 0.441. The fourth-order valence-electron chi connectivity index (χ4n) is 0.966. The van der Waals surface area contributed by atoms with E-state index in [1.807, 2.05) is 0 Å². The third-order valence-electron chi connectivity index (χ3n) is 1.52. The van der Waals surface area contributed by atoms with Crippen LogP contribution in [-0.4, -0.2) is 37.4 Å². The van der Waals surface area contributed by atoms with E-state index in [9.17, 15) is 4.57 Å². The minimum atomic E-state index is -2.93. The van der Waals surface area contributed by atoms with E-state index in [0.29, 0.717) is 25.6 Å². The van der Waals surface area contributed by atoms with Gasteiger partial charge in [-0.1, -0.05) is 0 Å². The number of hydrogen-bond acceptors (Lipinski definition) is 3. The molecule has 4 nitrogen and oxygen atoms in total. The van der Waals surface area contributed by atoms with Crippen LogP contribution in [0, 0.1) is 0 Å². The van der Waals surface area contributed by atoms with Crippen molar-refractivity contribution in [2.24, 2.45) is 0 Å². The molecule has 1 atom stereocenters. The predicted molar refractivity (Wildman–Crippen MR) is 42.9 cm³/mol. The molecule has 0 aromatic heterocycles. The van der Waals surface area contributed by atoms with E-state index in [-0.39, 0.29) is 0 Å². The molecule has 0 amide bonds. The number of rotatable bonds is 3. The van der Waals surface area contributed by atoms with Gasteiger partial charge in [-0.2, -0.15) is 0 Å². The van der Waals surface area contributed by atoms with Crippen molar-refractivity contribution in [3.63, 3.8) is 0 Å². The topological polar surface area (TPSA) is 38.8 Å². The second kappa shape index (κ2) is 3.87. The van der Waals surface area contributed by atoms with Gasteiger partial charge >= 0.3 is 7.75 Å². The van der Waals surface area contributed by atoms with Gasteiger partial charge in [0.2, 0.25) is 0 Å². The molecule has 1 fully saturated rings. The van der Waals surface area contributed by atoms with Gasteiger partial charge in [0.1, 0.15) is 0 Å². The Morgan fingerprint density at radius 3 is 3.09 bits per heavy atom. The van der Waals surface area contributed by atoms with Gasteiger partial charge in [0.25, 0.3) is 0 Å². The molecule has 1 rings (SSSR count). The molecule has 11 heavy (non-hydrogen) atoms. The van der Waals surface area contributed by atoms with E-state index in [2.05, 4.69) is 0 Å². The van der Waals surface area contributed by atoms with Crippen molar-refractivity contribution in [2.75, 3.05) is 32.7 Å². The highest BCUT2D eigenvalue weighted by Crippen LogP contribution is 2.54. The minimum absolute atomic E-state index is 0.441. The van der Waals surface area contributed by atoms with Crippen LogP contribution in [0.2, 0.25) is 0 Å². The highest BCUT2D eigenvalue weighted by atomic mass is 35.5. The summed E-state index contributed by atoms with van der Waals surface area (Å²) in [5.41, 5.74) is 0. The fraction of sp³-hybridized carbons (Fsp3) is 1.00. The first-order chi connectivity index (χ1) is 5.23. The van der Waals surface area contributed by atoms with Crippen molar-refractivity contribution in [1.82, 2.24) is 4.67 Å². The molecule has 66 valence electrons. The molecule has 1 aliphatic heterocycles. The summed E-state index contributed by atoms with van der Waals surface area (Å²) < 4.78 is 22.9. The average molecular weight is 200 g/mol. The number of halogens is 1. The lowest BCUT2D eigenvalue weighted by molar-refractivity contribution is 0.253. The molecule has 1 aliphatic rings. The van der Waals surface area contributed by atoms with Gasteiger partial charge in [-0.3, -0.25) is 9.05 Å². The van der Waals surface area contributed by atoms with Crippen molar-refractivity contribution >= 4 is 19.3 Å². The SMILES string of the molecule is COP1(=O)OCCN1CCCl. The van der Waals surface area contributed by atoms with Gasteiger partial charge < -0.3 is 0 Å². The van der Waals surface area contributed by atoms with Crippen molar-refractivity contribution in [3.05, 3.63) is 0 Å². The van der Waals surface area contributed by atoms with Gasteiger partial charge in [0, 0.05) is 26.1 Å². The van der Waals surface area contributed by atoms with Crippen molar-refractivity contribution < 1.29 is 13.6 Å². The molecule has 1 unspecified atom stereocenters. The van der Waals surface area contributed by atoms with Gasteiger partial charge in [-0.25, -0.2) is 9.24 Å². The Morgan fingerprint density at radius 1 is 1.82 bits per heavy atom. The molecule has 6 heteroatoms. The molecule has 0 N–H and O–H groups in total. The zero-order valence-electron chi connectivity index (χ0n) is 6.33. The fourth-order valence-corrected chi connectivity index (χ4v) is 2.77. The lowest BCUT2D eigenvalue weighted by atomic mass is 10.6. The summed E-state index contributed by atoms with van der Waals surface area (Å²) in [7, 11) is -1.55. The second-order valence-electron chi connectivity index (χ2n) is 2.13. The highest BCUT2D eigenvalue weighted by Gasteiger charge is 2.37. The quantitative estimate of drug-likeness (QED) is 0.508. The van der Waals surface area contributed by atoms with Crippen molar-refractivity contribution in [2.45, 2.75) is 0 Å². The summed E-state index contributed by atoms with van der Waals surface area (Å²) in [6.07, 6.45) is 0. The lowest BCUT2D eigenvalue weighted by Crippen LogP contribution is -2.19. The van der Waals surface area contributed by atoms with Gasteiger partial charge in [0.15, 0.2) is 0 Å². The Bertz CT molecular complexity index is 177. The van der Waals surface area contributed by atoms with Crippen LogP contribution in [0.15, 0.2) is 0 Å². The zero-order chi connectivity index (χ0) is 8.32. The molecular formula is C5H11ClNO3P. The van der Waals surface area contributed by atoms with E-state index in [1.54, 1.807) is 4.67 Å². The Hall–Kier alpha value is 0.400. The molecule has 1 heterocycles. The number of alkyl halides is 1. The van der Waals surface area contributed by atoms with Crippen LogP contribution in [0.25, 0.3) is 0 Å². The maximum Gasteiger partial charge on any atom is 0.408 e. The van der Waals surface area contributed by atoms with Crippen molar-refractivity contribution in [1.29, 1.82) is 0 Å². The summed E-state index contributed by atoms with van der Waals surface area (Å²) in [6.45, 7) is 1.65. The second-order valence-corrected chi connectivity index (χ2v) is 4.63. The van der Waals surface area contributed by atoms with Crippen LogP contribution in [0.3, 0.4) is 0 Å². The van der Waals surface area contributed by atoms with Gasteiger partial charge in [-0.05, 0) is 0 Å². The molecule has 0 saturated carbocycles.